The minimum atomic E-state index is 0.296. The van der Waals surface area contributed by atoms with Crippen LogP contribution in [0.2, 0.25) is 0 Å². The molecule has 2 rings (SSSR count). The molecule has 0 aliphatic heterocycles. The summed E-state index contributed by atoms with van der Waals surface area (Å²) in [6.07, 6.45) is 11.6. The first kappa shape index (κ1) is 25.0. The van der Waals surface area contributed by atoms with Crippen LogP contribution in [0.5, 0.6) is 5.75 Å². The third-order valence-electron chi connectivity index (χ3n) is 6.24. The van der Waals surface area contributed by atoms with Crippen LogP contribution in [0.15, 0.2) is 48.7 Å². The van der Waals surface area contributed by atoms with E-state index in [1.807, 2.05) is 18.3 Å². The highest BCUT2D eigenvalue weighted by Gasteiger charge is 2.15. The number of hydrogen-bond donors (Lipinski definition) is 2. The molecule has 0 aliphatic rings. The summed E-state index contributed by atoms with van der Waals surface area (Å²) in [5.41, 5.74) is 4.56. The number of allylic oxidation sites excluding steroid dienone is 2. The van der Waals surface area contributed by atoms with Gasteiger partial charge in [0.25, 0.3) is 0 Å². The van der Waals surface area contributed by atoms with Gasteiger partial charge in [0.05, 0.1) is 0 Å². The Labute approximate surface area is 188 Å². The Balaban J connectivity index is 1.68. The van der Waals surface area contributed by atoms with Crippen molar-refractivity contribution in [1.82, 2.24) is 4.98 Å². The monoisotopic (exact) mass is 423 g/mol. The molecular weight excluding hydrogens is 382 g/mol. The van der Waals surface area contributed by atoms with Gasteiger partial charge >= 0.3 is 0 Å². The summed E-state index contributed by atoms with van der Waals surface area (Å²) in [6.45, 7) is 14.9. The van der Waals surface area contributed by atoms with Gasteiger partial charge in [-0.3, -0.25) is 4.79 Å². The summed E-state index contributed by atoms with van der Waals surface area (Å²) in [7, 11) is 0. The number of benzene rings is 1. The van der Waals surface area contributed by atoms with Crippen LogP contribution in [0.25, 0.3) is 10.9 Å². The number of hydrogen-bond acceptors (Lipinski definition) is 2. The molecule has 1 atom stereocenters. The van der Waals surface area contributed by atoms with Crippen molar-refractivity contribution in [3.63, 3.8) is 0 Å². The maximum absolute atomic E-state index is 12.5. The lowest BCUT2D eigenvalue weighted by atomic mass is 9.88. The number of aromatic nitrogens is 1. The van der Waals surface area contributed by atoms with E-state index in [1.54, 1.807) is 6.07 Å². The standard InChI is InChI=1S/C28H41NO2/c1-20(2)9-6-7-11-23(21(3)4)17-25(30)14-13-22(5)10-8-12-24-19-29-28-16-15-26(31)18-27(24)28/h15-16,18-20,23,29,31H,3,5-14,17H2,1-2,4H3. The Morgan fingerprint density at radius 2 is 1.81 bits per heavy atom. The van der Waals surface area contributed by atoms with E-state index in [2.05, 4.69) is 38.9 Å². The highest BCUT2D eigenvalue weighted by molar-refractivity contribution is 5.84. The number of aryl methyl sites for hydroxylation is 1. The van der Waals surface area contributed by atoms with Crippen LogP contribution < -0.4 is 0 Å². The fourth-order valence-corrected chi connectivity index (χ4v) is 4.19. The molecule has 1 aromatic carbocycles. The molecule has 2 N–H and O–H groups in total. The number of fused-ring (bicyclic) bond motifs is 1. The van der Waals surface area contributed by atoms with Crippen molar-refractivity contribution < 1.29 is 9.90 Å². The number of Topliss-reactive ketones (excluding diaryl/α,β-unsaturated/α-hetero) is 1. The first-order valence-electron chi connectivity index (χ1n) is 11.9. The van der Waals surface area contributed by atoms with E-state index < -0.39 is 0 Å². The number of nitrogens with one attached hydrogen (secondary N) is 1. The molecule has 0 aliphatic carbocycles. The fraction of sp³-hybridized carbons (Fsp3) is 0.536. The van der Waals surface area contributed by atoms with E-state index in [1.165, 1.54) is 24.8 Å². The minimum absolute atomic E-state index is 0.296. The zero-order valence-corrected chi connectivity index (χ0v) is 19.8. The van der Waals surface area contributed by atoms with Crippen molar-refractivity contribution in [2.75, 3.05) is 0 Å². The van der Waals surface area contributed by atoms with Gasteiger partial charge < -0.3 is 10.1 Å². The molecule has 0 radical (unpaired) electrons. The van der Waals surface area contributed by atoms with Gasteiger partial charge in [0, 0.05) is 29.9 Å². The summed E-state index contributed by atoms with van der Waals surface area (Å²) in [4.78, 5) is 15.8. The number of phenols is 1. The smallest absolute Gasteiger partial charge is 0.133 e. The predicted octanol–water partition coefficient (Wildman–Crippen LogP) is 7.90. The molecule has 170 valence electrons. The van der Waals surface area contributed by atoms with Gasteiger partial charge in [-0.15, -0.1) is 0 Å². The molecule has 31 heavy (non-hydrogen) atoms. The number of rotatable bonds is 15. The van der Waals surface area contributed by atoms with Crippen molar-refractivity contribution in [1.29, 1.82) is 0 Å². The summed E-state index contributed by atoms with van der Waals surface area (Å²) >= 11 is 0. The van der Waals surface area contributed by atoms with Crippen LogP contribution in [0.1, 0.15) is 84.1 Å². The van der Waals surface area contributed by atoms with E-state index in [4.69, 9.17) is 0 Å². The highest BCUT2D eigenvalue weighted by atomic mass is 16.3. The quantitative estimate of drug-likeness (QED) is 0.226. The second kappa shape index (κ2) is 12.5. The highest BCUT2D eigenvalue weighted by Crippen LogP contribution is 2.26. The summed E-state index contributed by atoms with van der Waals surface area (Å²) in [6, 6.07) is 5.42. The third-order valence-corrected chi connectivity index (χ3v) is 6.24. The second-order valence-corrected chi connectivity index (χ2v) is 9.61. The zero-order chi connectivity index (χ0) is 22.8. The van der Waals surface area contributed by atoms with Crippen molar-refractivity contribution in [3.8, 4) is 5.75 Å². The topological polar surface area (TPSA) is 53.1 Å². The van der Waals surface area contributed by atoms with E-state index in [0.29, 0.717) is 30.3 Å². The van der Waals surface area contributed by atoms with Gasteiger partial charge in [-0.1, -0.05) is 57.4 Å². The van der Waals surface area contributed by atoms with E-state index in [-0.39, 0.29) is 0 Å². The molecule has 1 heterocycles. The lowest BCUT2D eigenvalue weighted by molar-refractivity contribution is -0.119. The molecule has 3 heteroatoms. The molecule has 1 unspecified atom stereocenters. The molecule has 0 spiro atoms. The van der Waals surface area contributed by atoms with Gasteiger partial charge in [0.15, 0.2) is 0 Å². The molecular formula is C28H41NO2. The first-order chi connectivity index (χ1) is 14.8. The molecule has 0 saturated carbocycles. The van der Waals surface area contributed by atoms with E-state index >= 15 is 0 Å². The maximum Gasteiger partial charge on any atom is 0.133 e. The SMILES string of the molecule is C=C(CCCc1c[nH]c2ccc(O)cc12)CCC(=O)CC(CCCCC(C)C)C(=C)C. The molecule has 2 aromatic rings. The van der Waals surface area contributed by atoms with Crippen LogP contribution >= 0.6 is 0 Å². The lowest BCUT2D eigenvalue weighted by Crippen LogP contribution is -2.10. The largest absolute Gasteiger partial charge is 0.508 e. The average molecular weight is 424 g/mol. The summed E-state index contributed by atoms with van der Waals surface area (Å²) in [5, 5.41) is 10.8. The van der Waals surface area contributed by atoms with E-state index in [9.17, 15) is 9.90 Å². The van der Waals surface area contributed by atoms with Gasteiger partial charge in [-0.2, -0.15) is 0 Å². The van der Waals surface area contributed by atoms with Crippen molar-refractivity contribution in [2.45, 2.75) is 85.0 Å². The van der Waals surface area contributed by atoms with E-state index in [0.717, 1.165) is 60.1 Å². The number of carbonyl (C=O) groups is 1. The number of phenolic OH excluding ortho intramolecular Hbond substituents is 1. The van der Waals surface area contributed by atoms with Crippen LogP contribution in [0.3, 0.4) is 0 Å². The van der Waals surface area contributed by atoms with Gasteiger partial charge in [0.2, 0.25) is 0 Å². The Morgan fingerprint density at radius 3 is 2.52 bits per heavy atom. The Hall–Kier alpha value is -2.29. The molecule has 0 fully saturated rings. The predicted molar refractivity (Wildman–Crippen MR) is 133 cm³/mol. The number of H-pyrrole nitrogens is 1. The fourth-order valence-electron chi connectivity index (χ4n) is 4.19. The maximum atomic E-state index is 12.5. The lowest BCUT2D eigenvalue weighted by Gasteiger charge is -2.17. The van der Waals surface area contributed by atoms with Gasteiger partial charge in [-0.05, 0) is 74.6 Å². The number of unbranched alkanes of at least 4 members (excludes halogenated alkanes) is 1. The molecule has 0 bridgehead atoms. The average Bonchev–Trinajstić information content (AvgIpc) is 3.10. The van der Waals surface area contributed by atoms with Crippen molar-refractivity contribution >= 4 is 16.7 Å². The molecule has 1 aromatic heterocycles. The zero-order valence-electron chi connectivity index (χ0n) is 19.8. The molecule has 0 amide bonds. The van der Waals surface area contributed by atoms with Crippen LogP contribution in [-0.2, 0) is 11.2 Å². The molecule has 3 nitrogen and oxygen atoms in total. The minimum Gasteiger partial charge on any atom is -0.508 e. The number of aromatic amines is 1. The second-order valence-electron chi connectivity index (χ2n) is 9.61. The molecule has 0 saturated heterocycles. The van der Waals surface area contributed by atoms with Crippen LogP contribution in [0, 0.1) is 11.8 Å². The first-order valence-corrected chi connectivity index (χ1v) is 11.9. The van der Waals surface area contributed by atoms with Crippen LogP contribution in [-0.4, -0.2) is 15.9 Å². The number of aromatic hydroxyl groups is 1. The Bertz CT molecular complexity index is 874. The van der Waals surface area contributed by atoms with Crippen LogP contribution in [0.4, 0.5) is 0 Å². The Kier molecular flexibility index (Phi) is 10.1. The van der Waals surface area contributed by atoms with Crippen molar-refractivity contribution in [3.05, 3.63) is 54.3 Å². The van der Waals surface area contributed by atoms with Crippen molar-refractivity contribution in [2.24, 2.45) is 11.8 Å². The normalized spacial score (nSPS) is 12.4. The number of carbonyl (C=O) groups excluding carboxylic acids is 1. The summed E-state index contributed by atoms with van der Waals surface area (Å²) < 4.78 is 0. The van der Waals surface area contributed by atoms with Gasteiger partial charge in [-0.25, -0.2) is 0 Å². The summed E-state index contributed by atoms with van der Waals surface area (Å²) in [5.74, 6) is 1.71. The Morgan fingerprint density at radius 1 is 1.06 bits per heavy atom. The number of ketones is 1. The third kappa shape index (κ3) is 8.77. The van der Waals surface area contributed by atoms with Gasteiger partial charge in [0.1, 0.15) is 11.5 Å².